The number of nitrogens with one attached hydrogen (secondary N) is 1. The molecule has 1 aliphatic carbocycles. The molecule has 0 spiro atoms. The summed E-state index contributed by atoms with van der Waals surface area (Å²) in [5.41, 5.74) is 4.80. The van der Waals surface area contributed by atoms with Crippen LogP contribution in [0.3, 0.4) is 0 Å². The van der Waals surface area contributed by atoms with Gasteiger partial charge in [-0.2, -0.15) is 9.78 Å². The molecule has 10 heteroatoms. The average molecular weight is 468 g/mol. The van der Waals surface area contributed by atoms with Crippen LogP contribution in [0.25, 0.3) is 22.6 Å². The van der Waals surface area contributed by atoms with Crippen LogP contribution in [0.5, 0.6) is 0 Å². The molecule has 0 radical (unpaired) electrons. The van der Waals surface area contributed by atoms with Crippen molar-refractivity contribution in [3.05, 3.63) is 89.1 Å². The standard InChI is InChI=1S/C25H25N9O/c35-25-5-2-8-28-34(25)22-9-20(12-27-13-22)23-17-33(31-30-23)16-21-15-32-14-19(6-7-24(32)29-21)11-26-10-18-3-1-4-18/h2,5-9,12-15,17-18,26H,1,3-4,10-11,16H2. The van der Waals surface area contributed by atoms with Crippen LogP contribution >= 0.6 is 0 Å². The minimum absolute atomic E-state index is 0.223. The number of hydrogen-bond donors (Lipinski definition) is 1. The maximum Gasteiger partial charge on any atom is 0.271 e. The zero-order chi connectivity index (χ0) is 23.6. The van der Waals surface area contributed by atoms with E-state index < -0.39 is 0 Å². The van der Waals surface area contributed by atoms with E-state index in [1.54, 1.807) is 29.3 Å². The molecule has 0 saturated heterocycles. The summed E-state index contributed by atoms with van der Waals surface area (Å²) < 4.78 is 5.11. The maximum atomic E-state index is 12.1. The van der Waals surface area contributed by atoms with Gasteiger partial charge in [-0.1, -0.05) is 17.7 Å². The Morgan fingerprint density at radius 2 is 2.03 bits per heavy atom. The highest BCUT2D eigenvalue weighted by Gasteiger charge is 2.16. The molecule has 5 aromatic heterocycles. The molecule has 1 aliphatic rings. The molecule has 0 amide bonds. The second-order valence-corrected chi connectivity index (χ2v) is 8.97. The van der Waals surface area contributed by atoms with E-state index in [2.05, 4.69) is 42.4 Å². The van der Waals surface area contributed by atoms with Gasteiger partial charge in [-0.05, 0) is 49.1 Å². The molecule has 35 heavy (non-hydrogen) atoms. The number of aromatic nitrogens is 8. The molecule has 1 N–H and O–H groups in total. The summed E-state index contributed by atoms with van der Waals surface area (Å²) >= 11 is 0. The van der Waals surface area contributed by atoms with E-state index >= 15 is 0 Å². The van der Waals surface area contributed by atoms with Crippen LogP contribution in [0.1, 0.15) is 30.5 Å². The fourth-order valence-corrected chi connectivity index (χ4v) is 4.30. The van der Waals surface area contributed by atoms with Crippen LogP contribution < -0.4 is 10.9 Å². The number of nitrogens with zero attached hydrogens (tertiary/aromatic N) is 8. The molecule has 0 atom stereocenters. The zero-order valence-electron chi connectivity index (χ0n) is 19.2. The number of fused-ring (bicyclic) bond motifs is 1. The second-order valence-electron chi connectivity index (χ2n) is 8.97. The summed E-state index contributed by atoms with van der Waals surface area (Å²) in [5.74, 6) is 0.849. The molecule has 176 valence electrons. The minimum Gasteiger partial charge on any atom is -0.312 e. The van der Waals surface area contributed by atoms with Gasteiger partial charge in [-0.15, -0.1) is 5.10 Å². The molecule has 6 rings (SSSR count). The van der Waals surface area contributed by atoms with Crippen molar-refractivity contribution in [1.29, 1.82) is 0 Å². The van der Waals surface area contributed by atoms with Crippen molar-refractivity contribution >= 4 is 5.65 Å². The highest BCUT2D eigenvalue weighted by molar-refractivity contribution is 5.59. The summed E-state index contributed by atoms with van der Waals surface area (Å²) in [4.78, 5) is 21.1. The van der Waals surface area contributed by atoms with Crippen molar-refractivity contribution in [2.75, 3.05) is 6.54 Å². The van der Waals surface area contributed by atoms with E-state index in [0.717, 1.165) is 35.9 Å². The molecule has 0 bridgehead atoms. The van der Waals surface area contributed by atoms with Crippen LogP contribution in [0.2, 0.25) is 0 Å². The second kappa shape index (κ2) is 9.22. The van der Waals surface area contributed by atoms with Gasteiger partial charge in [0.05, 0.1) is 30.3 Å². The van der Waals surface area contributed by atoms with Crippen molar-refractivity contribution in [3.8, 4) is 16.9 Å². The van der Waals surface area contributed by atoms with Crippen molar-refractivity contribution in [1.82, 2.24) is 44.5 Å². The van der Waals surface area contributed by atoms with Crippen molar-refractivity contribution in [3.63, 3.8) is 0 Å². The van der Waals surface area contributed by atoms with Crippen LogP contribution in [0.15, 0.2) is 72.3 Å². The quantitative estimate of drug-likeness (QED) is 0.373. The molecule has 5 aromatic rings. The van der Waals surface area contributed by atoms with Gasteiger partial charge in [0.1, 0.15) is 11.3 Å². The predicted octanol–water partition coefficient (Wildman–Crippen LogP) is 2.47. The third-order valence-electron chi connectivity index (χ3n) is 6.39. The Morgan fingerprint density at radius 1 is 1.09 bits per heavy atom. The van der Waals surface area contributed by atoms with Crippen LogP contribution in [0.4, 0.5) is 0 Å². The van der Waals surface area contributed by atoms with Crippen molar-refractivity contribution in [2.45, 2.75) is 32.4 Å². The fourth-order valence-electron chi connectivity index (χ4n) is 4.30. The largest absolute Gasteiger partial charge is 0.312 e. The van der Waals surface area contributed by atoms with E-state index in [1.165, 1.54) is 35.6 Å². The molecule has 1 fully saturated rings. The lowest BCUT2D eigenvalue weighted by atomic mass is 9.85. The molecule has 1 saturated carbocycles. The van der Waals surface area contributed by atoms with Gasteiger partial charge in [-0.25, -0.2) is 9.67 Å². The minimum atomic E-state index is -0.223. The number of rotatable bonds is 8. The van der Waals surface area contributed by atoms with Gasteiger partial charge >= 0.3 is 0 Å². The molecule has 0 aromatic carbocycles. The smallest absolute Gasteiger partial charge is 0.271 e. The third kappa shape index (κ3) is 4.60. The Balaban J connectivity index is 1.16. The monoisotopic (exact) mass is 467 g/mol. The van der Waals surface area contributed by atoms with Gasteiger partial charge in [0.25, 0.3) is 5.56 Å². The first kappa shape index (κ1) is 21.4. The maximum absolute atomic E-state index is 12.1. The first-order chi connectivity index (χ1) is 17.2. The van der Waals surface area contributed by atoms with E-state index in [0.29, 0.717) is 17.9 Å². The average Bonchev–Trinajstić information content (AvgIpc) is 3.47. The van der Waals surface area contributed by atoms with E-state index in [1.807, 2.05) is 24.5 Å². The lowest BCUT2D eigenvalue weighted by molar-refractivity contribution is 0.301. The Kier molecular flexibility index (Phi) is 5.63. The Morgan fingerprint density at radius 3 is 2.89 bits per heavy atom. The number of pyridine rings is 2. The molecular formula is C25H25N9O. The fraction of sp³-hybridized carbons (Fsp3) is 0.280. The van der Waals surface area contributed by atoms with Gasteiger partial charge < -0.3 is 9.72 Å². The Bertz CT molecular complexity index is 1530. The molecule has 0 unspecified atom stereocenters. The van der Waals surface area contributed by atoms with Gasteiger partial charge in [-0.3, -0.25) is 9.78 Å². The lowest BCUT2D eigenvalue weighted by Gasteiger charge is -2.25. The van der Waals surface area contributed by atoms with E-state index in [9.17, 15) is 4.79 Å². The van der Waals surface area contributed by atoms with Crippen LogP contribution in [-0.4, -0.2) is 45.7 Å². The van der Waals surface area contributed by atoms with Crippen LogP contribution in [-0.2, 0) is 13.1 Å². The zero-order valence-corrected chi connectivity index (χ0v) is 19.2. The first-order valence-electron chi connectivity index (χ1n) is 11.8. The normalized spacial score (nSPS) is 13.8. The SMILES string of the molecule is O=c1cccnn1-c1cncc(-c2cn(Cc3cn4cc(CNCC5CCC5)ccc4n3)nn2)c1. The highest BCUT2D eigenvalue weighted by atomic mass is 16.1. The topological polar surface area (TPSA) is 108 Å². The third-order valence-corrected chi connectivity index (χ3v) is 6.39. The summed E-state index contributed by atoms with van der Waals surface area (Å²) in [5, 5.41) is 16.2. The molecule has 5 heterocycles. The van der Waals surface area contributed by atoms with Crippen LogP contribution in [0, 0.1) is 5.92 Å². The summed E-state index contributed by atoms with van der Waals surface area (Å²) in [6.45, 7) is 2.46. The van der Waals surface area contributed by atoms with E-state index in [4.69, 9.17) is 4.98 Å². The lowest BCUT2D eigenvalue weighted by Crippen LogP contribution is -2.26. The molecule has 10 nitrogen and oxygen atoms in total. The number of hydrogen-bond acceptors (Lipinski definition) is 7. The summed E-state index contributed by atoms with van der Waals surface area (Å²) in [7, 11) is 0. The Hall–Kier alpha value is -4.18. The molecule has 0 aliphatic heterocycles. The summed E-state index contributed by atoms with van der Waals surface area (Å²) in [6, 6.07) is 9.06. The highest BCUT2D eigenvalue weighted by Crippen LogP contribution is 2.25. The predicted molar refractivity (Wildman–Crippen MR) is 130 cm³/mol. The van der Waals surface area contributed by atoms with Gasteiger partial charge in [0, 0.05) is 43.0 Å². The summed E-state index contributed by atoms with van der Waals surface area (Å²) in [6.07, 6.45) is 14.9. The number of imidazole rings is 1. The van der Waals surface area contributed by atoms with E-state index in [-0.39, 0.29) is 5.56 Å². The molecular weight excluding hydrogens is 442 g/mol. The van der Waals surface area contributed by atoms with Crippen molar-refractivity contribution < 1.29 is 0 Å². The Labute approximate surface area is 201 Å². The van der Waals surface area contributed by atoms with Gasteiger partial charge in [0.2, 0.25) is 0 Å². The van der Waals surface area contributed by atoms with Crippen molar-refractivity contribution in [2.24, 2.45) is 5.92 Å². The van der Waals surface area contributed by atoms with Gasteiger partial charge in [0.15, 0.2) is 0 Å². The first-order valence-corrected chi connectivity index (χ1v) is 11.8.